The molecule has 1 aliphatic heterocycles. The molecule has 0 aliphatic carbocycles. The number of sulfonamides is 1. The van der Waals surface area contributed by atoms with E-state index in [1.54, 1.807) is 4.31 Å². The third-order valence-electron chi connectivity index (χ3n) is 4.49. The van der Waals surface area contributed by atoms with Crippen LogP contribution in [-0.4, -0.2) is 54.9 Å². The summed E-state index contributed by atoms with van der Waals surface area (Å²) in [5, 5.41) is 8.71. The van der Waals surface area contributed by atoms with E-state index in [1.165, 1.54) is 5.56 Å². The Morgan fingerprint density at radius 2 is 1.72 bits per heavy atom. The van der Waals surface area contributed by atoms with Crippen LogP contribution in [0.3, 0.4) is 0 Å². The molecule has 134 valence electrons. The number of hydrogen-bond donors (Lipinski definition) is 0. The highest BCUT2D eigenvalue weighted by atomic mass is 32.2. The van der Waals surface area contributed by atoms with Gasteiger partial charge in [0.15, 0.2) is 5.82 Å². The Labute approximate surface area is 149 Å². The lowest BCUT2D eigenvalue weighted by Gasteiger charge is -2.34. The van der Waals surface area contributed by atoms with Gasteiger partial charge in [0.1, 0.15) is 0 Å². The van der Waals surface area contributed by atoms with Gasteiger partial charge in [-0.25, -0.2) is 8.42 Å². The molecular formula is C18H24N4O2S. The van der Waals surface area contributed by atoms with Gasteiger partial charge in [0, 0.05) is 31.7 Å². The second-order valence-electron chi connectivity index (χ2n) is 6.29. The van der Waals surface area contributed by atoms with Gasteiger partial charge in [-0.3, -0.25) is 0 Å². The first-order valence-corrected chi connectivity index (χ1v) is 10.2. The molecule has 1 aromatic heterocycles. The van der Waals surface area contributed by atoms with E-state index in [0.717, 1.165) is 17.1 Å². The Kier molecular flexibility index (Phi) is 5.34. The fourth-order valence-corrected chi connectivity index (χ4v) is 4.57. The van der Waals surface area contributed by atoms with Gasteiger partial charge in [0.25, 0.3) is 0 Å². The van der Waals surface area contributed by atoms with Crippen molar-refractivity contribution in [3.63, 3.8) is 0 Å². The molecule has 0 bridgehead atoms. The Morgan fingerprint density at radius 1 is 1.00 bits per heavy atom. The highest BCUT2D eigenvalue weighted by Crippen LogP contribution is 2.22. The van der Waals surface area contributed by atoms with Crippen LogP contribution in [0.25, 0.3) is 11.3 Å². The van der Waals surface area contributed by atoms with Gasteiger partial charge in [0.05, 0.1) is 11.4 Å². The smallest absolute Gasteiger partial charge is 0.214 e. The molecule has 7 heteroatoms. The van der Waals surface area contributed by atoms with Crippen molar-refractivity contribution >= 4 is 15.8 Å². The second kappa shape index (κ2) is 7.49. The minimum atomic E-state index is -3.12. The van der Waals surface area contributed by atoms with Gasteiger partial charge in [-0.15, -0.1) is 10.2 Å². The molecule has 0 unspecified atom stereocenters. The topological polar surface area (TPSA) is 66.4 Å². The molecule has 3 rings (SSSR count). The van der Waals surface area contributed by atoms with E-state index in [4.69, 9.17) is 0 Å². The number of nitrogens with zero attached hydrogens (tertiary/aromatic N) is 4. The van der Waals surface area contributed by atoms with Crippen molar-refractivity contribution < 1.29 is 8.42 Å². The van der Waals surface area contributed by atoms with Crippen LogP contribution < -0.4 is 4.90 Å². The zero-order chi connectivity index (χ0) is 17.9. The molecule has 2 aromatic rings. The number of rotatable bonds is 5. The van der Waals surface area contributed by atoms with E-state index in [9.17, 15) is 8.42 Å². The summed E-state index contributed by atoms with van der Waals surface area (Å²) >= 11 is 0. The lowest BCUT2D eigenvalue weighted by molar-refractivity contribution is 0.383. The molecule has 1 aromatic carbocycles. The molecule has 0 saturated carbocycles. The number of anilines is 1. The zero-order valence-corrected chi connectivity index (χ0v) is 15.5. The molecule has 1 aliphatic rings. The quantitative estimate of drug-likeness (QED) is 0.819. The van der Waals surface area contributed by atoms with Crippen LogP contribution >= 0.6 is 0 Å². The Bertz CT molecular complexity index is 813. The van der Waals surface area contributed by atoms with E-state index in [2.05, 4.69) is 28.1 Å². The Morgan fingerprint density at radius 3 is 2.32 bits per heavy atom. The van der Waals surface area contributed by atoms with Crippen molar-refractivity contribution in [3.05, 3.63) is 42.0 Å². The van der Waals surface area contributed by atoms with E-state index in [-0.39, 0.29) is 5.75 Å². The molecule has 0 spiro atoms. The van der Waals surface area contributed by atoms with Crippen LogP contribution in [-0.2, 0) is 10.0 Å². The van der Waals surface area contributed by atoms with E-state index >= 15 is 0 Å². The largest absolute Gasteiger partial charge is 0.352 e. The standard InChI is InChI=1S/C18H24N4O2S/c1-3-14-25(23,24)22-12-10-21(11-13-22)18-9-8-17(19-20-18)16-7-5-4-6-15(16)2/h4-9H,3,10-14H2,1-2H3. The van der Waals surface area contributed by atoms with Crippen LogP contribution in [0, 0.1) is 6.92 Å². The normalized spacial score (nSPS) is 16.2. The minimum Gasteiger partial charge on any atom is -0.352 e. The molecule has 2 heterocycles. The van der Waals surface area contributed by atoms with Crippen molar-refractivity contribution in [2.45, 2.75) is 20.3 Å². The lowest BCUT2D eigenvalue weighted by Crippen LogP contribution is -2.49. The molecule has 6 nitrogen and oxygen atoms in total. The van der Waals surface area contributed by atoms with Crippen molar-refractivity contribution in [3.8, 4) is 11.3 Å². The van der Waals surface area contributed by atoms with Crippen molar-refractivity contribution in [1.82, 2.24) is 14.5 Å². The molecule has 0 radical (unpaired) electrons. The average Bonchev–Trinajstić information content (AvgIpc) is 2.62. The van der Waals surface area contributed by atoms with Crippen LogP contribution in [0.15, 0.2) is 36.4 Å². The van der Waals surface area contributed by atoms with E-state index in [1.807, 2.05) is 37.3 Å². The summed E-state index contributed by atoms with van der Waals surface area (Å²) in [6, 6.07) is 12.0. The number of aryl methyl sites for hydroxylation is 1. The van der Waals surface area contributed by atoms with Crippen molar-refractivity contribution in [1.29, 1.82) is 0 Å². The predicted octanol–water partition coefficient (Wildman–Crippen LogP) is 2.31. The maximum atomic E-state index is 12.1. The zero-order valence-electron chi connectivity index (χ0n) is 14.7. The molecule has 1 fully saturated rings. The van der Waals surface area contributed by atoms with Gasteiger partial charge >= 0.3 is 0 Å². The fraction of sp³-hybridized carbons (Fsp3) is 0.444. The molecular weight excluding hydrogens is 336 g/mol. The van der Waals surface area contributed by atoms with Gasteiger partial charge in [-0.1, -0.05) is 31.2 Å². The molecule has 0 atom stereocenters. The SMILES string of the molecule is CCCS(=O)(=O)N1CCN(c2ccc(-c3ccccc3C)nn2)CC1. The number of hydrogen-bond acceptors (Lipinski definition) is 5. The molecule has 0 N–H and O–H groups in total. The van der Waals surface area contributed by atoms with Crippen molar-refractivity contribution in [2.24, 2.45) is 0 Å². The van der Waals surface area contributed by atoms with Crippen molar-refractivity contribution in [2.75, 3.05) is 36.8 Å². The summed E-state index contributed by atoms with van der Waals surface area (Å²) in [5.41, 5.74) is 3.10. The summed E-state index contributed by atoms with van der Waals surface area (Å²) in [7, 11) is -3.12. The van der Waals surface area contributed by atoms with Crippen LogP contribution in [0.5, 0.6) is 0 Å². The van der Waals surface area contributed by atoms with Gasteiger partial charge in [0.2, 0.25) is 10.0 Å². The molecule has 0 amide bonds. The first kappa shape index (κ1) is 17.8. The van der Waals surface area contributed by atoms with Crippen LogP contribution in [0.4, 0.5) is 5.82 Å². The Hall–Kier alpha value is -1.99. The monoisotopic (exact) mass is 360 g/mol. The van der Waals surface area contributed by atoms with Crippen LogP contribution in [0.2, 0.25) is 0 Å². The third-order valence-corrected chi connectivity index (χ3v) is 6.57. The summed E-state index contributed by atoms with van der Waals surface area (Å²) in [5.74, 6) is 1.02. The van der Waals surface area contributed by atoms with E-state index in [0.29, 0.717) is 32.6 Å². The molecule has 1 saturated heterocycles. The van der Waals surface area contributed by atoms with E-state index < -0.39 is 10.0 Å². The maximum Gasteiger partial charge on any atom is 0.214 e. The first-order valence-electron chi connectivity index (χ1n) is 8.64. The summed E-state index contributed by atoms with van der Waals surface area (Å²) < 4.78 is 25.9. The lowest BCUT2D eigenvalue weighted by atomic mass is 10.1. The highest BCUT2D eigenvalue weighted by molar-refractivity contribution is 7.89. The number of aromatic nitrogens is 2. The maximum absolute atomic E-state index is 12.1. The Balaban J connectivity index is 1.68. The minimum absolute atomic E-state index is 0.220. The summed E-state index contributed by atoms with van der Waals surface area (Å²) in [6.45, 7) is 6.23. The first-order chi connectivity index (χ1) is 12.0. The molecule has 25 heavy (non-hydrogen) atoms. The van der Waals surface area contributed by atoms with Gasteiger partial charge < -0.3 is 4.90 Å². The average molecular weight is 360 g/mol. The van der Waals surface area contributed by atoms with Crippen LogP contribution in [0.1, 0.15) is 18.9 Å². The highest BCUT2D eigenvalue weighted by Gasteiger charge is 2.26. The van der Waals surface area contributed by atoms with Gasteiger partial charge in [-0.2, -0.15) is 4.31 Å². The predicted molar refractivity (Wildman–Crippen MR) is 100 cm³/mol. The summed E-state index contributed by atoms with van der Waals surface area (Å²) in [6.07, 6.45) is 0.647. The van der Waals surface area contributed by atoms with Gasteiger partial charge in [-0.05, 0) is 31.0 Å². The number of benzene rings is 1. The third kappa shape index (κ3) is 3.99. The summed E-state index contributed by atoms with van der Waals surface area (Å²) in [4.78, 5) is 2.09. The fourth-order valence-electron chi connectivity index (χ4n) is 3.08. The number of piperazine rings is 1. The second-order valence-corrected chi connectivity index (χ2v) is 8.38.